The van der Waals surface area contributed by atoms with E-state index in [-0.39, 0.29) is 24.0 Å². The van der Waals surface area contributed by atoms with Crippen molar-refractivity contribution in [2.24, 2.45) is 4.99 Å². The third-order valence-electron chi connectivity index (χ3n) is 3.57. The number of guanidine groups is 1. The number of nitrogens with one attached hydrogen (secondary N) is 1. The maximum atomic E-state index is 6.20. The van der Waals surface area contributed by atoms with Gasteiger partial charge in [-0.15, -0.1) is 24.0 Å². The lowest BCUT2D eigenvalue weighted by atomic mass is 10.2. The molecule has 0 atom stereocenters. The summed E-state index contributed by atoms with van der Waals surface area (Å²) in [5, 5.41) is 4.18. The summed E-state index contributed by atoms with van der Waals surface area (Å²) in [7, 11) is 5.95. The molecule has 4 nitrogen and oxygen atoms in total. The van der Waals surface area contributed by atoms with Crippen LogP contribution in [0.3, 0.4) is 0 Å². The number of hydrogen-bond donors (Lipinski definition) is 1. The highest BCUT2D eigenvalue weighted by atomic mass is 127. The molecule has 0 heterocycles. The van der Waals surface area contributed by atoms with Crippen molar-refractivity contribution >= 4 is 41.5 Å². The second kappa shape index (κ2) is 11.1. The van der Waals surface area contributed by atoms with Gasteiger partial charge in [0, 0.05) is 44.8 Å². The van der Waals surface area contributed by atoms with Gasteiger partial charge in [-0.05, 0) is 32.5 Å². The molecule has 0 radical (unpaired) electrons. The van der Waals surface area contributed by atoms with E-state index in [9.17, 15) is 0 Å². The van der Waals surface area contributed by atoms with E-state index in [4.69, 9.17) is 11.6 Å². The fourth-order valence-corrected chi connectivity index (χ4v) is 2.14. The molecule has 0 spiro atoms. The lowest BCUT2D eigenvalue weighted by molar-refractivity contribution is 0.277. The zero-order chi connectivity index (χ0) is 15.8. The lowest BCUT2D eigenvalue weighted by Crippen LogP contribution is -2.42. The van der Waals surface area contributed by atoms with Crippen LogP contribution >= 0.6 is 35.6 Å². The summed E-state index contributed by atoms with van der Waals surface area (Å²) in [5.41, 5.74) is 1.10. The lowest BCUT2D eigenvalue weighted by Gasteiger charge is -2.25. The summed E-state index contributed by atoms with van der Waals surface area (Å²) in [5.74, 6) is 0.882. The summed E-state index contributed by atoms with van der Waals surface area (Å²) >= 11 is 6.20. The zero-order valence-corrected chi connectivity index (χ0v) is 17.2. The molecular formula is C16H28ClIN4. The Bertz CT molecular complexity index is 465. The van der Waals surface area contributed by atoms with Crippen LogP contribution in [-0.4, -0.2) is 56.0 Å². The minimum atomic E-state index is 0. The molecule has 0 aliphatic carbocycles. The van der Waals surface area contributed by atoms with Gasteiger partial charge < -0.3 is 15.1 Å². The molecule has 126 valence electrons. The van der Waals surface area contributed by atoms with Crippen molar-refractivity contribution in [3.05, 3.63) is 34.9 Å². The molecule has 0 aromatic heterocycles. The Morgan fingerprint density at radius 3 is 2.45 bits per heavy atom. The van der Waals surface area contributed by atoms with E-state index in [1.807, 2.05) is 31.3 Å². The normalized spacial score (nSPS) is 11.5. The van der Waals surface area contributed by atoms with Crippen molar-refractivity contribution in [1.82, 2.24) is 15.1 Å². The highest BCUT2D eigenvalue weighted by molar-refractivity contribution is 14.0. The number of rotatable bonds is 6. The van der Waals surface area contributed by atoms with Gasteiger partial charge >= 0.3 is 0 Å². The van der Waals surface area contributed by atoms with Crippen molar-refractivity contribution in [3.63, 3.8) is 0 Å². The summed E-state index contributed by atoms with van der Waals surface area (Å²) in [6.07, 6.45) is 0. The first-order chi connectivity index (χ1) is 9.95. The maximum absolute atomic E-state index is 6.20. The average molecular weight is 439 g/mol. The molecule has 0 unspecified atom stereocenters. The van der Waals surface area contributed by atoms with Gasteiger partial charge in [0.15, 0.2) is 5.96 Å². The van der Waals surface area contributed by atoms with Gasteiger partial charge in [0.2, 0.25) is 0 Å². The quantitative estimate of drug-likeness (QED) is 0.420. The van der Waals surface area contributed by atoms with Gasteiger partial charge in [-0.25, -0.2) is 0 Å². The van der Waals surface area contributed by atoms with Gasteiger partial charge in [0.25, 0.3) is 0 Å². The third-order valence-corrected chi connectivity index (χ3v) is 3.94. The van der Waals surface area contributed by atoms with E-state index in [0.29, 0.717) is 6.04 Å². The minimum absolute atomic E-state index is 0. The van der Waals surface area contributed by atoms with Crippen LogP contribution < -0.4 is 5.32 Å². The summed E-state index contributed by atoms with van der Waals surface area (Å²) < 4.78 is 0. The Kier molecular flexibility index (Phi) is 10.8. The molecule has 0 bridgehead atoms. The second-order valence-electron chi connectivity index (χ2n) is 5.50. The van der Waals surface area contributed by atoms with Gasteiger partial charge in [-0.2, -0.15) is 0 Å². The molecule has 1 aromatic rings. The van der Waals surface area contributed by atoms with Crippen LogP contribution in [0.1, 0.15) is 19.4 Å². The largest absolute Gasteiger partial charge is 0.355 e. The minimum Gasteiger partial charge on any atom is -0.355 e. The monoisotopic (exact) mass is 438 g/mol. The summed E-state index contributed by atoms with van der Waals surface area (Å²) in [6, 6.07) is 8.45. The molecule has 22 heavy (non-hydrogen) atoms. The zero-order valence-electron chi connectivity index (χ0n) is 14.1. The molecule has 0 amide bonds. The molecule has 1 N–H and O–H groups in total. The van der Waals surface area contributed by atoms with E-state index in [1.54, 1.807) is 7.05 Å². The van der Waals surface area contributed by atoms with E-state index in [2.05, 4.69) is 41.0 Å². The number of likely N-dealkylation sites (N-methyl/N-ethyl adjacent to an activating group) is 1. The fraction of sp³-hybridized carbons (Fsp3) is 0.562. The smallest absolute Gasteiger partial charge is 0.193 e. The van der Waals surface area contributed by atoms with Crippen LogP contribution in [0.15, 0.2) is 29.3 Å². The van der Waals surface area contributed by atoms with E-state index in [0.717, 1.165) is 36.2 Å². The van der Waals surface area contributed by atoms with Gasteiger partial charge in [0.05, 0.1) is 0 Å². The molecule has 6 heteroatoms. The predicted molar refractivity (Wildman–Crippen MR) is 107 cm³/mol. The van der Waals surface area contributed by atoms with Crippen molar-refractivity contribution in [1.29, 1.82) is 0 Å². The van der Waals surface area contributed by atoms with Crippen LogP contribution in [0.5, 0.6) is 0 Å². The van der Waals surface area contributed by atoms with Gasteiger partial charge in [-0.3, -0.25) is 4.99 Å². The highest BCUT2D eigenvalue weighted by Crippen LogP contribution is 2.16. The molecule has 0 fully saturated rings. The summed E-state index contributed by atoms with van der Waals surface area (Å²) in [6.45, 7) is 6.97. The van der Waals surface area contributed by atoms with Crippen LogP contribution in [0, 0.1) is 0 Å². The van der Waals surface area contributed by atoms with Crippen LogP contribution in [0.25, 0.3) is 0 Å². The first kappa shape index (κ1) is 21.5. The molecule has 1 aromatic carbocycles. The molecule has 1 rings (SSSR count). The Morgan fingerprint density at radius 2 is 1.91 bits per heavy atom. The topological polar surface area (TPSA) is 30.9 Å². The number of benzene rings is 1. The number of aliphatic imine (C=N–C) groups is 1. The molecule has 0 aliphatic rings. The Hall–Kier alpha value is -0.530. The van der Waals surface area contributed by atoms with E-state index >= 15 is 0 Å². The van der Waals surface area contributed by atoms with Crippen molar-refractivity contribution in [2.45, 2.75) is 26.4 Å². The highest BCUT2D eigenvalue weighted by Gasteiger charge is 2.09. The van der Waals surface area contributed by atoms with E-state index in [1.165, 1.54) is 0 Å². The fourth-order valence-electron chi connectivity index (χ4n) is 1.94. The number of hydrogen-bond acceptors (Lipinski definition) is 2. The summed E-state index contributed by atoms with van der Waals surface area (Å²) in [4.78, 5) is 8.71. The number of nitrogens with zero attached hydrogens (tertiary/aromatic N) is 3. The van der Waals surface area contributed by atoms with Crippen molar-refractivity contribution < 1.29 is 0 Å². The number of halogens is 2. The predicted octanol–water partition coefficient (Wildman–Crippen LogP) is 3.31. The Balaban J connectivity index is 0.00000441. The SMILES string of the molecule is CN=C(NCCN(C)C(C)C)N(C)Cc1ccccc1Cl.I. The van der Waals surface area contributed by atoms with Crippen LogP contribution in [0.2, 0.25) is 5.02 Å². The van der Waals surface area contributed by atoms with E-state index < -0.39 is 0 Å². The molecule has 0 saturated heterocycles. The first-order valence-electron chi connectivity index (χ1n) is 7.31. The maximum Gasteiger partial charge on any atom is 0.193 e. The van der Waals surface area contributed by atoms with Crippen molar-refractivity contribution in [3.8, 4) is 0 Å². The molecule has 0 saturated carbocycles. The van der Waals surface area contributed by atoms with Gasteiger partial charge in [0.1, 0.15) is 0 Å². The van der Waals surface area contributed by atoms with Crippen LogP contribution in [0.4, 0.5) is 0 Å². The molecule has 0 aliphatic heterocycles. The first-order valence-corrected chi connectivity index (χ1v) is 7.69. The van der Waals surface area contributed by atoms with Crippen molar-refractivity contribution in [2.75, 3.05) is 34.2 Å². The third kappa shape index (κ3) is 7.15. The average Bonchev–Trinajstić information content (AvgIpc) is 2.45. The molecular weight excluding hydrogens is 411 g/mol. The van der Waals surface area contributed by atoms with Crippen LogP contribution in [-0.2, 0) is 6.54 Å². The Morgan fingerprint density at radius 1 is 1.27 bits per heavy atom. The second-order valence-corrected chi connectivity index (χ2v) is 5.90. The standard InChI is InChI=1S/C16H27ClN4.HI/c1-13(2)20(4)11-10-19-16(18-3)21(5)12-14-8-6-7-9-15(14)17;/h6-9,13H,10-12H2,1-5H3,(H,18,19);1H. The Labute approximate surface area is 156 Å². The van der Waals surface area contributed by atoms with Gasteiger partial charge in [-0.1, -0.05) is 29.8 Å².